The monoisotopic (exact) mass is 340 g/mol. The number of rotatable bonds is 2. The molecule has 4 nitrogen and oxygen atoms in total. The molecule has 2 rings (SSSR count). The van der Waals surface area contributed by atoms with Gasteiger partial charge in [-0.15, -0.1) is 0 Å². The third kappa shape index (κ3) is 3.26. The van der Waals surface area contributed by atoms with Gasteiger partial charge in [0.25, 0.3) is 0 Å². The molecule has 0 radical (unpaired) electrons. The average molecular weight is 340 g/mol. The van der Waals surface area contributed by atoms with Crippen molar-refractivity contribution in [2.24, 2.45) is 5.73 Å². The highest BCUT2D eigenvalue weighted by Gasteiger charge is 2.50. The fourth-order valence-corrected chi connectivity index (χ4v) is 4.47. The Morgan fingerprint density at radius 1 is 1.27 bits per heavy atom. The van der Waals surface area contributed by atoms with Crippen LogP contribution >= 0.6 is 0 Å². The highest BCUT2D eigenvalue weighted by Crippen LogP contribution is 2.35. The van der Waals surface area contributed by atoms with Gasteiger partial charge in [0.1, 0.15) is 11.9 Å². The number of sulfonamides is 1. The maximum absolute atomic E-state index is 13.3. The van der Waals surface area contributed by atoms with Gasteiger partial charge < -0.3 is 5.73 Å². The molecule has 2 unspecified atom stereocenters. The Bertz CT molecular complexity index is 660. The summed E-state index contributed by atoms with van der Waals surface area (Å²) in [5.41, 5.74) is 5.81. The maximum atomic E-state index is 13.3. The first kappa shape index (κ1) is 17.2. The largest absolute Gasteiger partial charge is 0.405 e. The number of alkyl halides is 3. The zero-order chi connectivity index (χ0) is 16.7. The van der Waals surface area contributed by atoms with Crippen LogP contribution < -0.4 is 5.73 Å². The highest BCUT2D eigenvalue weighted by molar-refractivity contribution is 7.89. The maximum Gasteiger partial charge on any atom is 0.405 e. The van der Waals surface area contributed by atoms with Crippen molar-refractivity contribution < 1.29 is 26.0 Å². The minimum Gasteiger partial charge on any atom is -0.327 e. The molecule has 2 atom stereocenters. The lowest BCUT2D eigenvalue weighted by atomic mass is 10.0. The Morgan fingerprint density at radius 2 is 1.91 bits per heavy atom. The number of benzene rings is 1. The predicted octanol–water partition coefficient (Wildman–Crippen LogP) is 2.18. The van der Waals surface area contributed by atoms with Crippen LogP contribution in [-0.4, -0.2) is 37.5 Å². The second-order valence-electron chi connectivity index (χ2n) is 5.38. The fraction of sp³-hybridized carbons (Fsp3) is 0.538. The summed E-state index contributed by atoms with van der Waals surface area (Å²) in [4.78, 5) is -0.462. The van der Waals surface area contributed by atoms with Crippen molar-refractivity contribution in [2.75, 3.05) is 6.54 Å². The summed E-state index contributed by atoms with van der Waals surface area (Å²) in [6.45, 7) is 0.960. The van der Waals surface area contributed by atoms with Crippen molar-refractivity contribution in [1.29, 1.82) is 0 Å². The first-order chi connectivity index (χ1) is 10.0. The first-order valence-electron chi connectivity index (χ1n) is 6.64. The predicted molar refractivity (Wildman–Crippen MR) is 72.1 cm³/mol. The Labute approximate surface area is 126 Å². The number of piperidine rings is 1. The van der Waals surface area contributed by atoms with E-state index in [0.29, 0.717) is 4.31 Å². The Morgan fingerprint density at radius 3 is 2.50 bits per heavy atom. The number of aryl methyl sites for hydroxylation is 1. The molecule has 2 N–H and O–H groups in total. The molecule has 9 heteroatoms. The summed E-state index contributed by atoms with van der Waals surface area (Å²) in [6, 6.07) is 0.187. The number of hydrogen-bond donors (Lipinski definition) is 1. The van der Waals surface area contributed by atoms with Crippen molar-refractivity contribution >= 4 is 10.0 Å². The molecule has 0 amide bonds. The summed E-state index contributed by atoms with van der Waals surface area (Å²) in [5, 5.41) is 0. The van der Waals surface area contributed by atoms with Crippen LogP contribution in [0.3, 0.4) is 0 Å². The molecule has 22 heavy (non-hydrogen) atoms. The summed E-state index contributed by atoms with van der Waals surface area (Å²) in [7, 11) is -4.49. The molecule has 124 valence electrons. The SMILES string of the molecule is Cc1ccc(F)cc1S(=O)(=O)N1CC(N)CCC1C(F)(F)F. The van der Waals surface area contributed by atoms with Gasteiger partial charge in [0.2, 0.25) is 10.0 Å². The Hall–Kier alpha value is -1.19. The van der Waals surface area contributed by atoms with Gasteiger partial charge in [0.15, 0.2) is 0 Å². The number of nitrogens with zero attached hydrogens (tertiary/aromatic N) is 1. The summed E-state index contributed by atoms with van der Waals surface area (Å²) in [6.07, 6.45) is -5.02. The molecule has 1 aromatic rings. The van der Waals surface area contributed by atoms with E-state index in [9.17, 15) is 26.0 Å². The van der Waals surface area contributed by atoms with Gasteiger partial charge in [-0.05, 0) is 37.5 Å². The van der Waals surface area contributed by atoms with Gasteiger partial charge >= 0.3 is 6.18 Å². The van der Waals surface area contributed by atoms with Crippen molar-refractivity contribution in [3.8, 4) is 0 Å². The van der Waals surface area contributed by atoms with E-state index in [1.807, 2.05) is 0 Å². The lowest BCUT2D eigenvalue weighted by molar-refractivity contribution is -0.178. The van der Waals surface area contributed by atoms with Crippen molar-refractivity contribution in [3.05, 3.63) is 29.6 Å². The normalized spacial score (nSPS) is 24.5. The van der Waals surface area contributed by atoms with E-state index in [-0.39, 0.29) is 12.0 Å². The van der Waals surface area contributed by atoms with Crippen LogP contribution in [0, 0.1) is 12.7 Å². The van der Waals surface area contributed by atoms with E-state index in [0.717, 1.165) is 12.1 Å². The molecule has 1 fully saturated rings. The van der Waals surface area contributed by atoms with Gasteiger partial charge in [0.05, 0.1) is 4.90 Å². The van der Waals surface area contributed by atoms with Gasteiger partial charge in [-0.3, -0.25) is 0 Å². The van der Waals surface area contributed by atoms with Crippen LogP contribution in [-0.2, 0) is 10.0 Å². The van der Waals surface area contributed by atoms with Crippen LogP contribution in [0.1, 0.15) is 18.4 Å². The second kappa shape index (κ2) is 5.78. The van der Waals surface area contributed by atoms with E-state index < -0.39 is 52.0 Å². The lowest BCUT2D eigenvalue weighted by Gasteiger charge is -2.38. The van der Waals surface area contributed by atoms with Crippen molar-refractivity contribution in [2.45, 2.75) is 42.9 Å². The quantitative estimate of drug-likeness (QED) is 0.840. The van der Waals surface area contributed by atoms with Gasteiger partial charge in [0, 0.05) is 12.6 Å². The van der Waals surface area contributed by atoms with E-state index in [4.69, 9.17) is 5.73 Å². The molecular weight excluding hydrogens is 324 g/mol. The zero-order valence-electron chi connectivity index (χ0n) is 11.8. The van der Waals surface area contributed by atoms with E-state index >= 15 is 0 Å². The molecule has 1 aliphatic heterocycles. The first-order valence-corrected chi connectivity index (χ1v) is 8.08. The van der Waals surface area contributed by atoms with Gasteiger partial charge in [-0.25, -0.2) is 12.8 Å². The molecule has 1 aliphatic rings. The standard InChI is InChI=1S/C13H16F4N2O2S/c1-8-2-3-9(14)6-11(8)22(20,21)19-7-10(18)4-5-12(19)13(15,16)17/h2-3,6,10,12H,4-5,7,18H2,1H3. The van der Waals surface area contributed by atoms with Crippen LogP contribution in [0.25, 0.3) is 0 Å². The average Bonchev–Trinajstić information content (AvgIpc) is 2.40. The smallest absolute Gasteiger partial charge is 0.327 e. The fourth-order valence-electron chi connectivity index (χ4n) is 2.54. The van der Waals surface area contributed by atoms with Crippen LogP contribution in [0.5, 0.6) is 0 Å². The summed E-state index contributed by atoms with van der Waals surface area (Å²) < 4.78 is 78.2. The van der Waals surface area contributed by atoms with E-state index in [2.05, 4.69) is 0 Å². The molecule has 0 saturated carbocycles. The lowest BCUT2D eigenvalue weighted by Crippen LogP contribution is -2.56. The minimum atomic E-state index is -4.70. The van der Waals surface area contributed by atoms with E-state index in [1.54, 1.807) is 0 Å². The summed E-state index contributed by atoms with van der Waals surface area (Å²) >= 11 is 0. The van der Waals surface area contributed by atoms with Crippen molar-refractivity contribution in [1.82, 2.24) is 4.31 Å². The van der Waals surface area contributed by atoms with Crippen LogP contribution in [0.2, 0.25) is 0 Å². The van der Waals surface area contributed by atoms with Crippen molar-refractivity contribution in [3.63, 3.8) is 0 Å². The number of halogens is 4. The highest BCUT2D eigenvalue weighted by atomic mass is 32.2. The van der Waals surface area contributed by atoms with E-state index in [1.165, 1.54) is 13.0 Å². The second-order valence-corrected chi connectivity index (χ2v) is 7.24. The molecule has 1 aromatic carbocycles. The van der Waals surface area contributed by atoms with Crippen LogP contribution in [0.15, 0.2) is 23.1 Å². The number of hydrogen-bond acceptors (Lipinski definition) is 3. The molecular formula is C13H16F4N2O2S. The minimum absolute atomic E-state index is 0.0817. The van der Waals surface area contributed by atoms with Crippen LogP contribution in [0.4, 0.5) is 17.6 Å². The molecule has 0 spiro atoms. The molecule has 0 bridgehead atoms. The zero-order valence-corrected chi connectivity index (χ0v) is 12.6. The van der Waals surface area contributed by atoms with Gasteiger partial charge in [-0.2, -0.15) is 17.5 Å². The molecule has 0 aromatic heterocycles. The Kier molecular flexibility index (Phi) is 4.51. The third-order valence-electron chi connectivity index (χ3n) is 3.69. The molecule has 1 saturated heterocycles. The Balaban J connectivity index is 2.51. The summed E-state index contributed by atoms with van der Waals surface area (Å²) in [5.74, 6) is -0.825. The number of nitrogens with two attached hydrogens (primary N) is 1. The van der Waals surface area contributed by atoms with Gasteiger partial charge in [-0.1, -0.05) is 6.07 Å². The third-order valence-corrected chi connectivity index (χ3v) is 5.70. The molecule has 0 aliphatic carbocycles. The topological polar surface area (TPSA) is 63.4 Å². The molecule has 1 heterocycles.